The number of nitrogens with one attached hydrogen (secondary N) is 1. The van der Waals surface area contributed by atoms with Crippen LogP contribution in [0, 0.1) is 5.92 Å². The highest BCUT2D eigenvalue weighted by Crippen LogP contribution is 2.21. The summed E-state index contributed by atoms with van der Waals surface area (Å²) in [7, 11) is 3.84. The summed E-state index contributed by atoms with van der Waals surface area (Å²) in [6.07, 6.45) is 0. The second-order valence-corrected chi connectivity index (χ2v) is 5.72. The maximum absolute atomic E-state index is 12.0. The maximum atomic E-state index is 12.0. The first-order chi connectivity index (χ1) is 7.28. The van der Waals surface area contributed by atoms with Gasteiger partial charge in [0.25, 0.3) is 0 Å². The molecule has 1 atom stereocenters. The summed E-state index contributed by atoms with van der Waals surface area (Å²) in [5.41, 5.74) is -0.0254. The summed E-state index contributed by atoms with van der Waals surface area (Å²) in [6, 6.07) is 0.502. The Balaban J connectivity index is 2.68. The standard InChI is InChI=1S/C12H25N3O/c1-9(2)10-7-15(11(16)14(10)6)8-12(3,4)13-5/h9-10,13H,7-8H2,1-6H3. The van der Waals surface area contributed by atoms with E-state index in [1.807, 2.05) is 23.9 Å². The van der Waals surface area contributed by atoms with Gasteiger partial charge >= 0.3 is 6.03 Å². The molecule has 1 heterocycles. The fourth-order valence-corrected chi connectivity index (χ4v) is 2.14. The van der Waals surface area contributed by atoms with Crippen molar-refractivity contribution in [3.8, 4) is 0 Å². The van der Waals surface area contributed by atoms with Crippen molar-refractivity contribution in [3.63, 3.8) is 0 Å². The van der Waals surface area contributed by atoms with Crippen LogP contribution >= 0.6 is 0 Å². The van der Waals surface area contributed by atoms with Crippen LogP contribution in [0.4, 0.5) is 4.79 Å². The van der Waals surface area contributed by atoms with E-state index in [4.69, 9.17) is 0 Å². The van der Waals surface area contributed by atoms with Crippen LogP contribution in [0.3, 0.4) is 0 Å². The maximum Gasteiger partial charge on any atom is 0.320 e. The predicted molar refractivity (Wildman–Crippen MR) is 66.5 cm³/mol. The van der Waals surface area contributed by atoms with Crippen molar-refractivity contribution in [1.82, 2.24) is 15.1 Å². The Morgan fingerprint density at radius 2 is 2.06 bits per heavy atom. The number of carbonyl (C=O) groups excluding carboxylic acids is 1. The van der Waals surface area contributed by atoms with Crippen LogP contribution in [-0.2, 0) is 0 Å². The molecular weight excluding hydrogens is 202 g/mol. The molecule has 94 valence electrons. The van der Waals surface area contributed by atoms with Gasteiger partial charge in [-0.3, -0.25) is 0 Å². The number of amides is 2. The van der Waals surface area contributed by atoms with Crippen LogP contribution in [0.2, 0.25) is 0 Å². The smallest absolute Gasteiger partial charge is 0.320 e. The van der Waals surface area contributed by atoms with Gasteiger partial charge in [0.15, 0.2) is 0 Å². The number of likely N-dealkylation sites (N-methyl/N-ethyl adjacent to an activating group) is 2. The van der Waals surface area contributed by atoms with Crippen LogP contribution in [-0.4, -0.2) is 54.6 Å². The monoisotopic (exact) mass is 227 g/mol. The molecule has 0 bridgehead atoms. The van der Waals surface area contributed by atoms with Crippen molar-refractivity contribution in [2.24, 2.45) is 5.92 Å². The predicted octanol–water partition coefficient (Wildman–Crippen LogP) is 1.38. The molecule has 1 aliphatic rings. The molecule has 4 heteroatoms. The molecule has 0 aromatic heterocycles. The summed E-state index contributed by atoms with van der Waals surface area (Å²) < 4.78 is 0. The van der Waals surface area contributed by atoms with Gasteiger partial charge in [-0.05, 0) is 26.8 Å². The molecule has 0 aliphatic carbocycles. The highest BCUT2D eigenvalue weighted by atomic mass is 16.2. The van der Waals surface area contributed by atoms with E-state index < -0.39 is 0 Å². The molecule has 0 saturated carbocycles. The van der Waals surface area contributed by atoms with Crippen molar-refractivity contribution in [1.29, 1.82) is 0 Å². The molecule has 1 saturated heterocycles. The van der Waals surface area contributed by atoms with Gasteiger partial charge < -0.3 is 15.1 Å². The van der Waals surface area contributed by atoms with Gasteiger partial charge in [0, 0.05) is 25.7 Å². The van der Waals surface area contributed by atoms with Crippen LogP contribution in [0.15, 0.2) is 0 Å². The molecule has 1 unspecified atom stereocenters. The summed E-state index contributed by atoms with van der Waals surface area (Å²) in [5, 5.41) is 3.24. The number of hydrogen-bond acceptors (Lipinski definition) is 2. The topological polar surface area (TPSA) is 35.6 Å². The van der Waals surface area contributed by atoms with Crippen molar-refractivity contribution in [3.05, 3.63) is 0 Å². The summed E-state index contributed by atoms with van der Waals surface area (Å²) in [6.45, 7) is 10.2. The van der Waals surface area contributed by atoms with E-state index >= 15 is 0 Å². The normalized spacial score (nSPS) is 22.4. The lowest BCUT2D eigenvalue weighted by molar-refractivity contribution is 0.183. The highest BCUT2D eigenvalue weighted by molar-refractivity contribution is 5.77. The second-order valence-electron chi connectivity index (χ2n) is 5.72. The lowest BCUT2D eigenvalue weighted by Crippen LogP contribution is -2.48. The highest BCUT2D eigenvalue weighted by Gasteiger charge is 2.38. The number of urea groups is 1. The van der Waals surface area contributed by atoms with Gasteiger partial charge in [-0.2, -0.15) is 0 Å². The average molecular weight is 227 g/mol. The van der Waals surface area contributed by atoms with Crippen molar-refractivity contribution in [2.75, 3.05) is 27.2 Å². The number of carbonyl (C=O) groups is 1. The zero-order valence-electron chi connectivity index (χ0n) is 11.4. The molecule has 1 N–H and O–H groups in total. The Morgan fingerprint density at radius 1 is 1.50 bits per heavy atom. The minimum atomic E-state index is -0.0254. The molecule has 0 aromatic carbocycles. The van der Waals surface area contributed by atoms with E-state index in [1.165, 1.54) is 0 Å². The van der Waals surface area contributed by atoms with Gasteiger partial charge in [-0.1, -0.05) is 13.8 Å². The molecule has 1 aliphatic heterocycles. The minimum Gasteiger partial charge on any atom is -0.323 e. The Kier molecular flexibility index (Phi) is 3.84. The molecule has 2 amide bonds. The van der Waals surface area contributed by atoms with Gasteiger partial charge in [-0.25, -0.2) is 4.79 Å². The first-order valence-corrected chi connectivity index (χ1v) is 5.99. The molecule has 0 radical (unpaired) electrons. The van der Waals surface area contributed by atoms with Gasteiger partial charge in [-0.15, -0.1) is 0 Å². The van der Waals surface area contributed by atoms with E-state index in [0.29, 0.717) is 12.0 Å². The molecular formula is C12H25N3O. The van der Waals surface area contributed by atoms with Gasteiger partial charge in [0.2, 0.25) is 0 Å². The lowest BCUT2D eigenvalue weighted by Gasteiger charge is -2.29. The molecule has 0 aromatic rings. The zero-order valence-corrected chi connectivity index (χ0v) is 11.4. The average Bonchev–Trinajstić information content (AvgIpc) is 2.46. The molecule has 4 nitrogen and oxygen atoms in total. The Morgan fingerprint density at radius 3 is 2.44 bits per heavy atom. The number of hydrogen-bond donors (Lipinski definition) is 1. The van der Waals surface area contributed by atoms with Gasteiger partial charge in [0.05, 0.1) is 6.04 Å². The van der Waals surface area contributed by atoms with E-state index in [9.17, 15) is 4.79 Å². The zero-order chi connectivity index (χ0) is 12.5. The third kappa shape index (κ3) is 2.67. The fraction of sp³-hybridized carbons (Fsp3) is 0.917. The van der Waals surface area contributed by atoms with E-state index in [0.717, 1.165) is 13.1 Å². The number of rotatable bonds is 4. The van der Waals surface area contributed by atoms with Crippen LogP contribution < -0.4 is 5.32 Å². The molecule has 0 spiro atoms. The SMILES string of the molecule is CNC(C)(C)CN1CC(C(C)C)N(C)C1=O. The fourth-order valence-electron chi connectivity index (χ4n) is 2.14. The second kappa shape index (κ2) is 4.62. The lowest BCUT2D eigenvalue weighted by atomic mass is 10.0. The minimum absolute atomic E-state index is 0.0254. The third-order valence-electron chi connectivity index (χ3n) is 3.51. The van der Waals surface area contributed by atoms with E-state index in [-0.39, 0.29) is 11.6 Å². The Labute approximate surface area is 99.0 Å². The molecule has 16 heavy (non-hydrogen) atoms. The van der Waals surface area contributed by atoms with Crippen molar-refractivity contribution < 1.29 is 4.79 Å². The van der Waals surface area contributed by atoms with Crippen LogP contribution in [0.5, 0.6) is 0 Å². The quantitative estimate of drug-likeness (QED) is 0.787. The van der Waals surface area contributed by atoms with Gasteiger partial charge in [0.1, 0.15) is 0 Å². The summed E-state index contributed by atoms with van der Waals surface area (Å²) in [4.78, 5) is 15.9. The first kappa shape index (κ1) is 13.3. The first-order valence-electron chi connectivity index (χ1n) is 5.99. The molecule has 1 fully saturated rings. The van der Waals surface area contributed by atoms with Crippen LogP contribution in [0.1, 0.15) is 27.7 Å². The summed E-state index contributed by atoms with van der Waals surface area (Å²) in [5.74, 6) is 0.511. The van der Waals surface area contributed by atoms with Crippen molar-refractivity contribution in [2.45, 2.75) is 39.3 Å². The summed E-state index contributed by atoms with van der Waals surface area (Å²) >= 11 is 0. The third-order valence-corrected chi connectivity index (χ3v) is 3.51. The Hall–Kier alpha value is -0.770. The van der Waals surface area contributed by atoms with Crippen LogP contribution in [0.25, 0.3) is 0 Å². The Bertz CT molecular complexity index is 263. The van der Waals surface area contributed by atoms with E-state index in [2.05, 4.69) is 33.0 Å². The number of nitrogens with zero attached hydrogens (tertiary/aromatic N) is 2. The van der Waals surface area contributed by atoms with Crippen molar-refractivity contribution >= 4 is 6.03 Å². The molecule has 1 rings (SSSR count). The van der Waals surface area contributed by atoms with E-state index in [1.54, 1.807) is 0 Å². The largest absolute Gasteiger partial charge is 0.323 e.